The van der Waals surface area contributed by atoms with Crippen LogP contribution < -0.4 is 0 Å². The van der Waals surface area contributed by atoms with Gasteiger partial charge in [-0.2, -0.15) is 0 Å². The molecule has 3 heteroatoms. The van der Waals surface area contributed by atoms with E-state index in [2.05, 4.69) is 12.1 Å². The van der Waals surface area contributed by atoms with E-state index in [1.807, 2.05) is 43.3 Å². The van der Waals surface area contributed by atoms with E-state index in [1.165, 1.54) is 10.6 Å². The van der Waals surface area contributed by atoms with Crippen molar-refractivity contribution < 1.29 is 9.63 Å². The van der Waals surface area contributed by atoms with E-state index >= 15 is 0 Å². The Bertz CT molecular complexity index is 637. The first-order valence-corrected chi connectivity index (χ1v) is 6.73. The molecule has 2 aromatic rings. The molecule has 1 heterocycles. The highest BCUT2D eigenvalue weighted by atomic mass is 16.7. The SMILES string of the molecule is CON1C(=O)c2cc(C)ccc2C1Cc1ccccc1. The van der Waals surface area contributed by atoms with Crippen molar-refractivity contribution in [1.82, 2.24) is 5.06 Å². The van der Waals surface area contributed by atoms with E-state index in [4.69, 9.17) is 4.84 Å². The third kappa shape index (κ3) is 2.10. The van der Waals surface area contributed by atoms with Gasteiger partial charge in [-0.25, -0.2) is 5.06 Å². The Kier molecular flexibility index (Phi) is 3.28. The summed E-state index contributed by atoms with van der Waals surface area (Å²) < 4.78 is 0. The van der Waals surface area contributed by atoms with Crippen molar-refractivity contribution in [3.8, 4) is 0 Å². The second-order valence-corrected chi connectivity index (χ2v) is 5.11. The Morgan fingerprint density at radius 3 is 2.60 bits per heavy atom. The molecule has 1 unspecified atom stereocenters. The van der Waals surface area contributed by atoms with Gasteiger partial charge in [0.15, 0.2) is 0 Å². The van der Waals surface area contributed by atoms with Crippen LogP contribution in [0.1, 0.15) is 33.1 Å². The van der Waals surface area contributed by atoms with E-state index in [9.17, 15) is 4.79 Å². The molecule has 102 valence electrons. The van der Waals surface area contributed by atoms with Crippen molar-refractivity contribution in [3.05, 3.63) is 70.8 Å². The summed E-state index contributed by atoms with van der Waals surface area (Å²) in [6, 6.07) is 16.1. The Hall–Kier alpha value is -2.13. The molecule has 0 N–H and O–H groups in total. The van der Waals surface area contributed by atoms with Gasteiger partial charge in [-0.15, -0.1) is 0 Å². The number of rotatable bonds is 3. The van der Waals surface area contributed by atoms with E-state index < -0.39 is 0 Å². The molecular weight excluding hydrogens is 250 g/mol. The molecule has 3 rings (SSSR count). The Morgan fingerprint density at radius 1 is 1.15 bits per heavy atom. The zero-order chi connectivity index (χ0) is 14.1. The number of benzene rings is 2. The summed E-state index contributed by atoms with van der Waals surface area (Å²) in [4.78, 5) is 17.7. The number of aryl methyl sites for hydroxylation is 1. The van der Waals surface area contributed by atoms with Crippen LogP contribution in [0.3, 0.4) is 0 Å². The fourth-order valence-electron chi connectivity index (χ4n) is 2.77. The van der Waals surface area contributed by atoms with E-state index in [-0.39, 0.29) is 11.9 Å². The first-order valence-electron chi connectivity index (χ1n) is 6.73. The van der Waals surface area contributed by atoms with Gasteiger partial charge >= 0.3 is 0 Å². The quantitative estimate of drug-likeness (QED) is 0.854. The van der Waals surface area contributed by atoms with Gasteiger partial charge in [0, 0.05) is 5.56 Å². The highest BCUT2D eigenvalue weighted by Crippen LogP contribution is 2.36. The van der Waals surface area contributed by atoms with Gasteiger partial charge in [0.05, 0.1) is 13.2 Å². The number of amides is 1. The maximum Gasteiger partial charge on any atom is 0.278 e. The Balaban J connectivity index is 1.99. The minimum Gasteiger partial charge on any atom is -0.273 e. The number of hydroxylamine groups is 2. The molecule has 1 aliphatic rings. The van der Waals surface area contributed by atoms with Crippen LogP contribution in [0.25, 0.3) is 0 Å². The van der Waals surface area contributed by atoms with E-state index in [0.29, 0.717) is 0 Å². The number of carbonyl (C=O) groups excluding carboxylic acids is 1. The van der Waals surface area contributed by atoms with Crippen LogP contribution in [-0.2, 0) is 11.3 Å². The monoisotopic (exact) mass is 267 g/mol. The summed E-state index contributed by atoms with van der Waals surface area (Å²) in [7, 11) is 1.55. The standard InChI is InChI=1S/C17H17NO2/c1-12-8-9-14-15(10-12)17(19)18(20-2)16(14)11-13-6-4-3-5-7-13/h3-10,16H,11H2,1-2H3. The lowest BCUT2D eigenvalue weighted by Crippen LogP contribution is -2.28. The summed E-state index contributed by atoms with van der Waals surface area (Å²) in [5.41, 5.74) is 4.09. The van der Waals surface area contributed by atoms with Gasteiger partial charge in [0.2, 0.25) is 0 Å². The summed E-state index contributed by atoms with van der Waals surface area (Å²) in [5.74, 6) is -0.0490. The molecule has 1 atom stereocenters. The van der Waals surface area contributed by atoms with Crippen molar-refractivity contribution in [2.45, 2.75) is 19.4 Å². The third-order valence-corrected chi connectivity index (χ3v) is 3.75. The molecule has 2 aromatic carbocycles. The lowest BCUT2D eigenvalue weighted by atomic mass is 9.97. The highest BCUT2D eigenvalue weighted by Gasteiger charge is 2.37. The molecule has 1 amide bonds. The molecule has 0 spiro atoms. The first kappa shape index (κ1) is 12.9. The van der Waals surface area contributed by atoms with Crippen LogP contribution >= 0.6 is 0 Å². The fourth-order valence-corrected chi connectivity index (χ4v) is 2.77. The van der Waals surface area contributed by atoms with Gasteiger partial charge in [0.1, 0.15) is 0 Å². The van der Waals surface area contributed by atoms with Gasteiger partial charge in [0.25, 0.3) is 5.91 Å². The average Bonchev–Trinajstić information content (AvgIpc) is 2.72. The van der Waals surface area contributed by atoms with Crippen molar-refractivity contribution in [1.29, 1.82) is 0 Å². The fraction of sp³-hybridized carbons (Fsp3) is 0.235. The average molecular weight is 267 g/mol. The molecule has 0 aromatic heterocycles. The zero-order valence-corrected chi connectivity index (χ0v) is 11.7. The summed E-state index contributed by atoms with van der Waals surface area (Å²) in [5, 5.41) is 1.48. The van der Waals surface area contributed by atoms with E-state index in [0.717, 1.165) is 23.1 Å². The number of carbonyl (C=O) groups is 1. The van der Waals surface area contributed by atoms with Gasteiger partial charge in [-0.05, 0) is 30.5 Å². The lowest BCUT2D eigenvalue weighted by molar-refractivity contribution is -0.118. The van der Waals surface area contributed by atoms with Crippen LogP contribution in [0, 0.1) is 6.92 Å². The molecule has 20 heavy (non-hydrogen) atoms. The zero-order valence-electron chi connectivity index (χ0n) is 11.7. The predicted molar refractivity (Wildman–Crippen MR) is 77.2 cm³/mol. The molecule has 0 saturated heterocycles. The Morgan fingerprint density at radius 2 is 1.90 bits per heavy atom. The molecule has 0 aliphatic carbocycles. The minimum absolute atomic E-state index is 0.0490. The van der Waals surface area contributed by atoms with Crippen LogP contribution in [0.4, 0.5) is 0 Å². The second-order valence-electron chi connectivity index (χ2n) is 5.11. The topological polar surface area (TPSA) is 29.5 Å². The Labute approximate surface area is 118 Å². The number of nitrogens with zero attached hydrogens (tertiary/aromatic N) is 1. The molecule has 1 aliphatic heterocycles. The number of hydrogen-bond acceptors (Lipinski definition) is 2. The van der Waals surface area contributed by atoms with Crippen LogP contribution in [-0.4, -0.2) is 18.1 Å². The van der Waals surface area contributed by atoms with Crippen molar-refractivity contribution in [2.24, 2.45) is 0 Å². The maximum absolute atomic E-state index is 12.4. The van der Waals surface area contributed by atoms with E-state index in [1.54, 1.807) is 7.11 Å². The predicted octanol–water partition coefficient (Wildman–Crippen LogP) is 3.30. The molecule has 0 saturated carbocycles. The molecule has 0 radical (unpaired) electrons. The van der Waals surface area contributed by atoms with Crippen molar-refractivity contribution >= 4 is 5.91 Å². The number of fused-ring (bicyclic) bond motifs is 1. The first-order chi connectivity index (χ1) is 9.70. The van der Waals surface area contributed by atoms with Crippen molar-refractivity contribution in [2.75, 3.05) is 7.11 Å². The molecule has 3 nitrogen and oxygen atoms in total. The summed E-state index contributed by atoms with van der Waals surface area (Å²) in [6.45, 7) is 2.00. The third-order valence-electron chi connectivity index (χ3n) is 3.75. The van der Waals surface area contributed by atoms with Gasteiger partial charge in [-0.1, -0.05) is 48.0 Å². The second kappa shape index (κ2) is 5.10. The summed E-state index contributed by atoms with van der Waals surface area (Å²) in [6.07, 6.45) is 0.760. The largest absolute Gasteiger partial charge is 0.278 e. The van der Waals surface area contributed by atoms with Crippen LogP contribution in [0.5, 0.6) is 0 Å². The van der Waals surface area contributed by atoms with Crippen LogP contribution in [0.15, 0.2) is 48.5 Å². The maximum atomic E-state index is 12.4. The van der Waals surface area contributed by atoms with Crippen molar-refractivity contribution in [3.63, 3.8) is 0 Å². The normalized spacial score (nSPS) is 17.4. The van der Waals surface area contributed by atoms with Gasteiger partial charge in [-0.3, -0.25) is 9.63 Å². The smallest absolute Gasteiger partial charge is 0.273 e. The molecule has 0 bridgehead atoms. The molecule has 0 fully saturated rings. The highest BCUT2D eigenvalue weighted by molar-refractivity contribution is 5.98. The molecular formula is C17H17NO2. The van der Waals surface area contributed by atoms with Gasteiger partial charge < -0.3 is 0 Å². The minimum atomic E-state index is -0.0505. The summed E-state index contributed by atoms with van der Waals surface area (Å²) >= 11 is 0. The lowest BCUT2D eigenvalue weighted by Gasteiger charge is -2.22. The van der Waals surface area contributed by atoms with Crippen LogP contribution in [0.2, 0.25) is 0 Å². The number of hydrogen-bond donors (Lipinski definition) is 0.